The highest BCUT2D eigenvalue weighted by molar-refractivity contribution is 6.03. The van der Waals surface area contributed by atoms with E-state index in [2.05, 4.69) is 67.1 Å². The molecule has 1 unspecified atom stereocenters. The van der Waals surface area contributed by atoms with Crippen molar-refractivity contribution in [2.75, 3.05) is 27.2 Å². The first-order chi connectivity index (χ1) is 15.0. The van der Waals surface area contributed by atoms with E-state index in [1.807, 2.05) is 22.8 Å². The lowest BCUT2D eigenvalue weighted by Crippen LogP contribution is -2.19. The Bertz CT molecular complexity index is 1240. The van der Waals surface area contributed by atoms with Crippen LogP contribution in [0.15, 0.2) is 53.5 Å². The quantitative estimate of drug-likeness (QED) is 0.416. The molecule has 6 nitrogen and oxygen atoms in total. The van der Waals surface area contributed by atoms with Crippen molar-refractivity contribution >= 4 is 21.9 Å². The summed E-state index contributed by atoms with van der Waals surface area (Å²) in [5.74, 6) is 0.878. The third-order valence-corrected chi connectivity index (χ3v) is 5.78. The van der Waals surface area contributed by atoms with E-state index in [0.29, 0.717) is 6.61 Å². The SMILES string of the molecule is CCC(C)n1c(=O)[nH]c2cnc3ccc(-c4ccc(OCCCN(C)C)cc4)cc3c21. The van der Waals surface area contributed by atoms with Crippen LogP contribution >= 0.6 is 0 Å². The number of hydrogen-bond acceptors (Lipinski definition) is 4. The second-order valence-corrected chi connectivity index (χ2v) is 8.34. The van der Waals surface area contributed by atoms with Gasteiger partial charge in [-0.1, -0.05) is 25.1 Å². The Balaban J connectivity index is 1.67. The van der Waals surface area contributed by atoms with Crippen LogP contribution in [0.1, 0.15) is 32.7 Å². The Hall–Kier alpha value is -3.12. The number of H-pyrrole nitrogens is 1. The molecule has 4 aromatic rings. The van der Waals surface area contributed by atoms with E-state index in [9.17, 15) is 4.79 Å². The van der Waals surface area contributed by atoms with Gasteiger partial charge in [0.2, 0.25) is 0 Å². The van der Waals surface area contributed by atoms with Gasteiger partial charge in [-0.05, 0) is 69.3 Å². The molecular formula is C25H30N4O2. The first-order valence-electron chi connectivity index (χ1n) is 10.9. The van der Waals surface area contributed by atoms with Gasteiger partial charge in [-0.3, -0.25) is 9.55 Å². The molecule has 2 aromatic carbocycles. The summed E-state index contributed by atoms with van der Waals surface area (Å²) < 4.78 is 7.71. The zero-order chi connectivity index (χ0) is 22.0. The monoisotopic (exact) mass is 418 g/mol. The van der Waals surface area contributed by atoms with E-state index in [1.165, 1.54) is 0 Å². The van der Waals surface area contributed by atoms with Crippen LogP contribution in [-0.4, -0.2) is 46.7 Å². The maximum absolute atomic E-state index is 12.6. The van der Waals surface area contributed by atoms with Gasteiger partial charge in [0.15, 0.2) is 0 Å². The van der Waals surface area contributed by atoms with E-state index >= 15 is 0 Å². The van der Waals surface area contributed by atoms with Crippen LogP contribution in [0.5, 0.6) is 5.75 Å². The fourth-order valence-electron chi connectivity index (χ4n) is 3.90. The molecular weight excluding hydrogens is 388 g/mol. The minimum absolute atomic E-state index is 0.0835. The average molecular weight is 419 g/mol. The van der Waals surface area contributed by atoms with Crippen molar-refractivity contribution in [1.29, 1.82) is 0 Å². The van der Waals surface area contributed by atoms with Gasteiger partial charge >= 0.3 is 5.69 Å². The maximum Gasteiger partial charge on any atom is 0.326 e. The van der Waals surface area contributed by atoms with Gasteiger partial charge in [-0.15, -0.1) is 0 Å². The third-order valence-electron chi connectivity index (χ3n) is 5.78. The van der Waals surface area contributed by atoms with Crippen LogP contribution in [0.4, 0.5) is 0 Å². The molecule has 2 aromatic heterocycles. The summed E-state index contributed by atoms with van der Waals surface area (Å²) in [7, 11) is 4.13. The Morgan fingerprint density at radius 1 is 1.13 bits per heavy atom. The molecule has 6 heteroatoms. The van der Waals surface area contributed by atoms with E-state index in [4.69, 9.17) is 4.74 Å². The lowest BCUT2D eigenvalue weighted by atomic mass is 10.0. The normalized spacial score (nSPS) is 12.7. The molecule has 0 aliphatic rings. The fourth-order valence-corrected chi connectivity index (χ4v) is 3.90. The van der Waals surface area contributed by atoms with Gasteiger partial charge in [0, 0.05) is 18.0 Å². The average Bonchev–Trinajstić information content (AvgIpc) is 3.12. The van der Waals surface area contributed by atoms with E-state index in [1.54, 1.807) is 6.20 Å². The molecule has 0 saturated carbocycles. The van der Waals surface area contributed by atoms with Crippen molar-refractivity contribution < 1.29 is 4.74 Å². The number of nitrogens with one attached hydrogen (secondary N) is 1. The number of aromatic nitrogens is 3. The van der Waals surface area contributed by atoms with Crippen molar-refractivity contribution in [3.8, 4) is 16.9 Å². The zero-order valence-electron chi connectivity index (χ0n) is 18.7. The number of pyridine rings is 1. The highest BCUT2D eigenvalue weighted by Crippen LogP contribution is 2.30. The van der Waals surface area contributed by atoms with Crippen molar-refractivity contribution in [3.63, 3.8) is 0 Å². The highest BCUT2D eigenvalue weighted by Gasteiger charge is 2.15. The summed E-state index contributed by atoms with van der Waals surface area (Å²) in [6.07, 6.45) is 3.63. The molecule has 0 amide bonds. The van der Waals surface area contributed by atoms with Crippen molar-refractivity contribution in [2.45, 2.75) is 32.7 Å². The predicted molar refractivity (Wildman–Crippen MR) is 127 cm³/mol. The number of nitrogens with zero attached hydrogens (tertiary/aromatic N) is 3. The van der Waals surface area contributed by atoms with Gasteiger partial charge in [0.05, 0.1) is 29.4 Å². The zero-order valence-corrected chi connectivity index (χ0v) is 18.7. The Morgan fingerprint density at radius 2 is 1.87 bits per heavy atom. The molecule has 162 valence electrons. The highest BCUT2D eigenvalue weighted by atomic mass is 16.5. The molecule has 0 radical (unpaired) electrons. The predicted octanol–water partition coefficient (Wildman–Crippen LogP) is 4.85. The van der Waals surface area contributed by atoms with E-state index < -0.39 is 0 Å². The molecule has 0 bridgehead atoms. The van der Waals surface area contributed by atoms with Crippen molar-refractivity contribution in [3.05, 3.63) is 59.1 Å². The number of fused-ring (bicyclic) bond motifs is 3. The molecule has 1 N–H and O–H groups in total. The molecule has 0 saturated heterocycles. The molecule has 0 fully saturated rings. The lowest BCUT2D eigenvalue weighted by molar-refractivity contribution is 0.281. The summed E-state index contributed by atoms with van der Waals surface area (Å²) in [6, 6.07) is 14.5. The Labute approximate surface area is 182 Å². The van der Waals surface area contributed by atoms with Gasteiger partial charge in [-0.25, -0.2) is 4.79 Å². The smallest absolute Gasteiger partial charge is 0.326 e. The summed E-state index contributed by atoms with van der Waals surface area (Å²) >= 11 is 0. The van der Waals surface area contributed by atoms with Gasteiger partial charge in [0.25, 0.3) is 0 Å². The number of imidazole rings is 1. The molecule has 2 heterocycles. The largest absolute Gasteiger partial charge is 0.494 e. The van der Waals surface area contributed by atoms with Crippen LogP contribution < -0.4 is 10.4 Å². The molecule has 1 atom stereocenters. The first kappa shape index (κ1) is 21.1. The third kappa shape index (κ3) is 4.35. The second kappa shape index (κ2) is 8.94. The minimum atomic E-state index is -0.0835. The molecule has 0 spiro atoms. The second-order valence-electron chi connectivity index (χ2n) is 8.34. The maximum atomic E-state index is 12.6. The van der Waals surface area contributed by atoms with Crippen LogP contribution in [0.3, 0.4) is 0 Å². The van der Waals surface area contributed by atoms with Crippen LogP contribution in [0, 0.1) is 0 Å². The van der Waals surface area contributed by atoms with Crippen LogP contribution in [-0.2, 0) is 0 Å². The van der Waals surface area contributed by atoms with Crippen LogP contribution in [0.25, 0.3) is 33.1 Å². The number of aromatic amines is 1. The topological polar surface area (TPSA) is 63.1 Å². The van der Waals surface area contributed by atoms with E-state index in [-0.39, 0.29) is 11.7 Å². The molecule has 0 aliphatic carbocycles. The Kier molecular flexibility index (Phi) is 6.09. The van der Waals surface area contributed by atoms with Crippen molar-refractivity contribution in [2.24, 2.45) is 0 Å². The molecule has 4 rings (SSSR count). The summed E-state index contributed by atoms with van der Waals surface area (Å²) in [5, 5.41) is 0.984. The van der Waals surface area contributed by atoms with Gasteiger partial charge < -0.3 is 14.6 Å². The summed E-state index contributed by atoms with van der Waals surface area (Å²) in [5.41, 5.74) is 4.69. The first-order valence-corrected chi connectivity index (χ1v) is 10.9. The van der Waals surface area contributed by atoms with Gasteiger partial charge in [0.1, 0.15) is 5.75 Å². The summed E-state index contributed by atoms with van der Waals surface area (Å²) in [4.78, 5) is 22.2. The van der Waals surface area contributed by atoms with Crippen LogP contribution in [0.2, 0.25) is 0 Å². The summed E-state index contributed by atoms with van der Waals surface area (Å²) in [6.45, 7) is 5.88. The molecule has 0 aliphatic heterocycles. The number of benzene rings is 2. The standard InChI is InChI=1S/C25H30N4O2/c1-5-17(2)29-24-21-15-19(9-12-22(21)26-16-23(24)27-25(29)30)18-7-10-20(11-8-18)31-14-6-13-28(3)4/h7-12,15-17H,5-6,13-14H2,1-4H3,(H,27,30). The van der Waals surface area contributed by atoms with Gasteiger partial charge in [-0.2, -0.15) is 0 Å². The minimum Gasteiger partial charge on any atom is -0.494 e. The number of hydrogen-bond donors (Lipinski definition) is 1. The van der Waals surface area contributed by atoms with E-state index in [0.717, 1.165) is 58.2 Å². The fraction of sp³-hybridized carbons (Fsp3) is 0.360. The molecule has 31 heavy (non-hydrogen) atoms. The number of rotatable bonds is 8. The Morgan fingerprint density at radius 3 is 2.58 bits per heavy atom. The van der Waals surface area contributed by atoms with Crippen molar-refractivity contribution in [1.82, 2.24) is 19.4 Å². The lowest BCUT2D eigenvalue weighted by Gasteiger charge is -2.13. The number of ether oxygens (including phenoxy) is 1.